The molecule has 0 saturated carbocycles. The van der Waals surface area contributed by atoms with Gasteiger partial charge in [0.05, 0.1) is 15.1 Å². The van der Waals surface area contributed by atoms with Gasteiger partial charge in [0.2, 0.25) is 0 Å². The molecule has 0 amide bonds. The molecule has 3 rings (SSSR count). The van der Waals surface area contributed by atoms with E-state index in [1.54, 1.807) is 41.4 Å². The van der Waals surface area contributed by atoms with Gasteiger partial charge in [-0.05, 0) is 24.3 Å². The second-order valence-corrected chi connectivity index (χ2v) is 8.55. The summed E-state index contributed by atoms with van der Waals surface area (Å²) in [7, 11) is 6.74. The van der Waals surface area contributed by atoms with E-state index < -0.39 is 0 Å². The van der Waals surface area contributed by atoms with Gasteiger partial charge >= 0.3 is 0 Å². The SMILES string of the molecule is S=c1ssc2c(=Nc3ccc(Cl)cc3)ssc12. The summed E-state index contributed by atoms with van der Waals surface area (Å²) in [6.45, 7) is 0. The second kappa shape index (κ2) is 4.87. The number of fused-ring (bicyclic) bond motifs is 1. The van der Waals surface area contributed by atoms with E-state index in [4.69, 9.17) is 23.8 Å². The van der Waals surface area contributed by atoms with E-state index in [0.29, 0.717) is 0 Å². The minimum Gasteiger partial charge on any atom is -0.236 e. The van der Waals surface area contributed by atoms with Crippen molar-refractivity contribution in [2.45, 2.75) is 0 Å². The molecular formula is C10H4ClNS5. The summed E-state index contributed by atoms with van der Waals surface area (Å²) in [6, 6.07) is 7.54. The number of hydrogen-bond acceptors (Lipinski definition) is 6. The summed E-state index contributed by atoms with van der Waals surface area (Å²) in [4.78, 5) is 4.62. The molecule has 0 atom stereocenters. The van der Waals surface area contributed by atoms with Gasteiger partial charge < -0.3 is 0 Å². The van der Waals surface area contributed by atoms with Crippen LogP contribution in [0.4, 0.5) is 5.69 Å². The normalized spacial score (nSPS) is 12.4. The smallest absolute Gasteiger partial charge is 0.146 e. The molecule has 2 heterocycles. The molecule has 0 unspecified atom stereocenters. The Kier molecular flexibility index (Phi) is 3.43. The molecule has 0 aliphatic carbocycles. The molecule has 0 fully saturated rings. The highest BCUT2D eigenvalue weighted by molar-refractivity contribution is 7.84. The van der Waals surface area contributed by atoms with Crippen molar-refractivity contribution in [3.05, 3.63) is 37.8 Å². The van der Waals surface area contributed by atoms with E-state index >= 15 is 0 Å². The molecule has 0 aliphatic rings. The third-order valence-electron chi connectivity index (χ3n) is 2.05. The molecule has 3 aromatic rings. The van der Waals surface area contributed by atoms with Gasteiger partial charge in [0, 0.05) is 5.02 Å². The molecule has 86 valence electrons. The zero-order valence-corrected chi connectivity index (χ0v) is 13.0. The average Bonchev–Trinajstić information content (AvgIpc) is 2.87. The minimum atomic E-state index is 0.731. The van der Waals surface area contributed by atoms with Crippen molar-refractivity contribution < 1.29 is 0 Å². The number of hydrogen-bond donors (Lipinski definition) is 0. The Hall–Kier alpha value is -0.110. The highest BCUT2D eigenvalue weighted by atomic mass is 35.5. The Morgan fingerprint density at radius 3 is 2.41 bits per heavy atom. The van der Waals surface area contributed by atoms with Crippen LogP contribution in [0.15, 0.2) is 29.3 Å². The Bertz CT molecular complexity index is 773. The van der Waals surface area contributed by atoms with Gasteiger partial charge in [-0.2, -0.15) is 0 Å². The average molecular weight is 334 g/mol. The largest absolute Gasteiger partial charge is 0.236 e. The van der Waals surface area contributed by atoms with Crippen LogP contribution in [0.25, 0.3) is 9.40 Å². The summed E-state index contributed by atoms with van der Waals surface area (Å²) >= 11 is 11.1. The van der Waals surface area contributed by atoms with Gasteiger partial charge in [0.15, 0.2) is 0 Å². The van der Waals surface area contributed by atoms with Crippen LogP contribution in [-0.2, 0) is 0 Å². The zero-order chi connectivity index (χ0) is 11.8. The topological polar surface area (TPSA) is 12.4 Å². The van der Waals surface area contributed by atoms with Crippen molar-refractivity contribution in [1.82, 2.24) is 0 Å². The fourth-order valence-corrected chi connectivity index (χ4v) is 7.90. The number of rotatable bonds is 1. The van der Waals surface area contributed by atoms with Gasteiger partial charge in [0.25, 0.3) is 0 Å². The Labute approximate surface area is 122 Å². The third-order valence-corrected chi connectivity index (χ3v) is 8.18. The van der Waals surface area contributed by atoms with Crippen molar-refractivity contribution in [2.75, 3.05) is 0 Å². The Balaban J connectivity index is 2.20. The van der Waals surface area contributed by atoms with E-state index in [9.17, 15) is 0 Å². The third kappa shape index (κ3) is 2.38. The van der Waals surface area contributed by atoms with Crippen molar-refractivity contribution in [3.8, 4) is 0 Å². The van der Waals surface area contributed by atoms with E-state index in [0.717, 1.165) is 19.2 Å². The van der Waals surface area contributed by atoms with Crippen LogP contribution >= 0.6 is 65.2 Å². The number of nitrogens with zero attached hydrogens (tertiary/aromatic N) is 1. The Morgan fingerprint density at radius 1 is 0.941 bits per heavy atom. The van der Waals surface area contributed by atoms with Crippen LogP contribution in [0.5, 0.6) is 0 Å². The van der Waals surface area contributed by atoms with Crippen LogP contribution in [0, 0.1) is 3.82 Å². The van der Waals surface area contributed by atoms with Gasteiger partial charge in [-0.3, -0.25) is 0 Å². The highest BCUT2D eigenvalue weighted by Gasteiger charge is 2.05. The lowest BCUT2D eigenvalue weighted by molar-refractivity contribution is 1.44. The lowest BCUT2D eigenvalue weighted by atomic mass is 10.3. The van der Waals surface area contributed by atoms with Crippen LogP contribution in [0.1, 0.15) is 0 Å². The maximum absolute atomic E-state index is 5.84. The Morgan fingerprint density at radius 2 is 1.65 bits per heavy atom. The molecule has 1 aromatic carbocycles. The fraction of sp³-hybridized carbons (Fsp3) is 0. The molecule has 0 saturated heterocycles. The van der Waals surface area contributed by atoms with Crippen LogP contribution < -0.4 is 4.67 Å². The van der Waals surface area contributed by atoms with E-state index in [-0.39, 0.29) is 0 Å². The minimum absolute atomic E-state index is 0.731. The molecule has 0 spiro atoms. The predicted octanol–water partition coefficient (Wildman–Crippen LogP) is 5.70. The van der Waals surface area contributed by atoms with Crippen LogP contribution in [-0.4, -0.2) is 0 Å². The maximum atomic E-state index is 5.84. The quantitative estimate of drug-likeness (QED) is 0.411. The molecule has 0 radical (unpaired) electrons. The van der Waals surface area contributed by atoms with Crippen molar-refractivity contribution in [2.24, 2.45) is 4.99 Å². The summed E-state index contributed by atoms with van der Waals surface area (Å²) < 4.78 is 4.44. The van der Waals surface area contributed by atoms with Gasteiger partial charge in [-0.25, -0.2) is 4.99 Å². The monoisotopic (exact) mass is 333 g/mol. The van der Waals surface area contributed by atoms with Crippen molar-refractivity contribution in [1.29, 1.82) is 0 Å². The first-order chi connectivity index (χ1) is 8.24. The summed E-state index contributed by atoms with van der Waals surface area (Å²) in [5.74, 6) is 0. The first-order valence-corrected chi connectivity index (χ1v) is 9.65. The molecule has 0 N–H and O–H groups in total. The molecular weight excluding hydrogens is 330 g/mol. The van der Waals surface area contributed by atoms with Crippen molar-refractivity contribution in [3.63, 3.8) is 0 Å². The zero-order valence-electron chi connectivity index (χ0n) is 8.18. The first kappa shape index (κ1) is 12.0. The van der Waals surface area contributed by atoms with Crippen LogP contribution in [0.3, 0.4) is 0 Å². The summed E-state index contributed by atoms with van der Waals surface area (Å²) in [6.07, 6.45) is 0. The summed E-state index contributed by atoms with van der Waals surface area (Å²) in [5.41, 5.74) is 0.926. The van der Waals surface area contributed by atoms with Gasteiger partial charge in [0.1, 0.15) is 8.49 Å². The predicted molar refractivity (Wildman–Crippen MR) is 83.0 cm³/mol. The van der Waals surface area contributed by atoms with E-state index in [2.05, 4.69) is 4.99 Å². The standard InChI is InChI=1S/C10H4ClNS5/c11-5-1-3-6(4-2-5)12-9-7-8(15-16-9)10(13)17-14-7/h1-4H. The molecule has 17 heavy (non-hydrogen) atoms. The van der Waals surface area contributed by atoms with E-state index in [1.807, 2.05) is 24.3 Å². The highest BCUT2D eigenvalue weighted by Crippen LogP contribution is 2.31. The van der Waals surface area contributed by atoms with Gasteiger partial charge in [-0.15, -0.1) is 0 Å². The summed E-state index contributed by atoms with van der Waals surface area (Å²) in [5, 5.41) is 0.731. The fourth-order valence-electron chi connectivity index (χ4n) is 1.27. The molecule has 7 heteroatoms. The lowest BCUT2D eigenvalue weighted by Crippen LogP contribution is -1.88. The maximum Gasteiger partial charge on any atom is 0.146 e. The molecule has 0 bridgehead atoms. The first-order valence-electron chi connectivity index (χ1n) is 4.56. The van der Waals surface area contributed by atoms with Crippen LogP contribution in [0.2, 0.25) is 5.02 Å². The second-order valence-electron chi connectivity index (χ2n) is 3.17. The number of halogens is 1. The van der Waals surface area contributed by atoms with Crippen molar-refractivity contribution >= 4 is 80.3 Å². The number of benzene rings is 1. The molecule has 0 aliphatic heterocycles. The molecule has 1 nitrogen and oxygen atoms in total. The van der Waals surface area contributed by atoms with Gasteiger partial charge in [-0.1, -0.05) is 65.2 Å². The van der Waals surface area contributed by atoms with E-state index in [1.165, 1.54) is 9.40 Å². The lowest BCUT2D eigenvalue weighted by Gasteiger charge is -1.91. The molecule has 2 aromatic heterocycles.